The maximum absolute atomic E-state index is 5.81. The van der Waals surface area contributed by atoms with E-state index in [4.69, 9.17) is 4.74 Å². The van der Waals surface area contributed by atoms with Crippen molar-refractivity contribution in [3.05, 3.63) is 28.5 Å². The minimum Gasteiger partial charge on any atom is -0.372 e. The molecule has 17 heavy (non-hydrogen) atoms. The van der Waals surface area contributed by atoms with Gasteiger partial charge in [-0.25, -0.2) is 0 Å². The largest absolute Gasteiger partial charge is 0.372 e. The van der Waals surface area contributed by atoms with E-state index in [2.05, 4.69) is 40.1 Å². The van der Waals surface area contributed by atoms with E-state index in [1.807, 2.05) is 18.3 Å². The number of ether oxygens (including phenoxy) is 1. The van der Waals surface area contributed by atoms with Crippen LogP contribution in [0.5, 0.6) is 0 Å². The van der Waals surface area contributed by atoms with Crippen molar-refractivity contribution in [1.82, 2.24) is 10.3 Å². The molecule has 1 N–H and O–H groups in total. The van der Waals surface area contributed by atoms with E-state index < -0.39 is 0 Å². The smallest absolute Gasteiger partial charge is 0.103 e. The lowest BCUT2D eigenvalue weighted by atomic mass is 9.98. The van der Waals surface area contributed by atoms with Gasteiger partial charge in [-0.3, -0.25) is 4.98 Å². The van der Waals surface area contributed by atoms with Crippen LogP contribution in [0.1, 0.15) is 32.1 Å². The maximum Gasteiger partial charge on any atom is 0.103 e. The predicted molar refractivity (Wildman–Crippen MR) is 71.9 cm³/mol. The zero-order chi connectivity index (χ0) is 12.3. The number of hydrogen-bond acceptors (Lipinski definition) is 3. The highest BCUT2D eigenvalue weighted by Gasteiger charge is 2.30. The zero-order valence-corrected chi connectivity index (χ0v) is 11.9. The van der Waals surface area contributed by atoms with Gasteiger partial charge in [0.15, 0.2) is 0 Å². The molecule has 3 nitrogen and oxygen atoms in total. The molecule has 94 valence electrons. The molecule has 0 radical (unpaired) electrons. The first-order valence-corrected chi connectivity index (χ1v) is 6.92. The summed E-state index contributed by atoms with van der Waals surface area (Å²) in [6.07, 6.45) is 3.10. The van der Waals surface area contributed by atoms with E-state index in [0.29, 0.717) is 12.0 Å². The number of nitrogens with zero attached hydrogens (tertiary/aromatic N) is 1. The summed E-state index contributed by atoms with van der Waals surface area (Å²) >= 11 is 3.40. The highest BCUT2D eigenvalue weighted by Crippen LogP contribution is 2.33. The first-order valence-electron chi connectivity index (χ1n) is 6.13. The minimum atomic E-state index is 0.148. The third-order valence-corrected chi connectivity index (χ3v) is 3.51. The second-order valence-electron chi connectivity index (χ2n) is 4.80. The molecule has 1 aromatic rings. The van der Waals surface area contributed by atoms with Crippen LogP contribution >= 0.6 is 15.9 Å². The molecule has 0 amide bonds. The Morgan fingerprint density at radius 2 is 2.35 bits per heavy atom. The molecule has 4 heteroatoms. The molecule has 2 atom stereocenters. The first kappa shape index (κ1) is 13.0. The lowest BCUT2D eigenvalue weighted by Crippen LogP contribution is -2.30. The molecule has 0 aromatic carbocycles. The van der Waals surface area contributed by atoms with Crippen molar-refractivity contribution in [2.75, 3.05) is 13.2 Å². The zero-order valence-electron chi connectivity index (χ0n) is 10.3. The fourth-order valence-corrected chi connectivity index (χ4v) is 2.35. The summed E-state index contributed by atoms with van der Waals surface area (Å²) in [7, 11) is 0. The van der Waals surface area contributed by atoms with Gasteiger partial charge >= 0.3 is 0 Å². The van der Waals surface area contributed by atoms with Crippen LogP contribution in [0, 0.1) is 5.92 Å². The SMILES string of the molecule is CC(C)NCC1CCOC1c1ccc(Br)cn1. The standard InChI is InChI=1S/C13H19BrN2O/c1-9(2)15-7-10-5-6-17-13(10)12-4-3-11(14)8-16-12/h3-4,8-10,13,15H,5-7H2,1-2H3. The number of rotatable bonds is 4. The maximum atomic E-state index is 5.81. The summed E-state index contributed by atoms with van der Waals surface area (Å²) in [5.41, 5.74) is 1.04. The van der Waals surface area contributed by atoms with Gasteiger partial charge in [0.25, 0.3) is 0 Å². The van der Waals surface area contributed by atoms with Crippen molar-refractivity contribution >= 4 is 15.9 Å². The fraction of sp³-hybridized carbons (Fsp3) is 0.615. The highest BCUT2D eigenvalue weighted by atomic mass is 79.9. The Hall–Kier alpha value is -0.450. The Bertz CT molecular complexity index is 353. The van der Waals surface area contributed by atoms with Gasteiger partial charge in [-0.1, -0.05) is 13.8 Å². The molecule has 2 rings (SSSR count). The molecule has 2 unspecified atom stereocenters. The minimum absolute atomic E-state index is 0.148. The van der Waals surface area contributed by atoms with Crippen molar-refractivity contribution in [3.63, 3.8) is 0 Å². The van der Waals surface area contributed by atoms with Gasteiger partial charge in [0.05, 0.1) is 5.69 Å². The van der Waals surface area contributed by atoms with Gasteiger partial charge in [0.1, 0.15) is 6.10 Å². The predicted octanol–water partition coefficient (Wildman–Crippen LogP) is 2.92. The van der Waals surface area contributed by atoms with Gasteiger partial charge in [-0.15, -0.1) is 0 Å². The van der Waals surface area contributed by atoms with Crippen LogP contribution in [-0.2, 0) is 4.74 Å². The Balaban J connectivity index is 2.01. The molecule has 1 fully saturated rings. The van der Waals surface area contributed by atoms with E-state index in [1.54, 1.807) is 0 Å². The summed E-state index contributed by atoms with van der Waals surface area (Å²) in [5.74, 6) is 0.533. The molecule has 1 aliphatic heterocycles. The van der Waals surface area contributed by atoms with Crippen LogP contribution in [0.25, 0.3) is 0 Å². The van der Waals surface area contributed by atoms with Crippen molar-refractivity contribution in [1.29, 1.82) is 0 Å². The van der Waals surface area contributed by atoms with Crippen LogP contribution in [-0.4, -0.2) is 24.2 Å². The average molecular weight is 299 g/mol. The Labute approximate surface area is 111 Å². The molecular weight excluding hydrogens is 280 g/mol. The third-order valence-electron chi connectivity index (χ3n) is 3.04. The monoisotopic (exact) mass is 298 g/mol. The molecule has 1 aromatic heterocycles. The number of halogens is 1. The summed E-state index contributed by atoms with van der Waals surface area (Å²) in [5, 5.41) is 3.48. The summed E-state index contributed by atoms with van der Waals surface area (Å²) < 4.78 is 6.82. The normalized spacial score (nSPS) is 24.5. The van der Waals surface area contributed by atoms with E-state index >= 15 is 0 Å². The van der Waals surface area contributed by atoms with Crippen LogP contribution in [0.3, 0.4) is 0 Å². The van der Waals surface area contributed by atoms with Crippen molar-refractivity contribution in [2.45, 2.75) is 32.4 Å². The second kappa shape index (κ2) is 5.94. The van der Waals surface area contributed by atoms with Crippen molar-refractivity contribution in [2.24, 2.45) is 5.92 Å². The van der Waals surface area contributed by atoms with Gasteiger partial charge < -0.3 is 10.1 Å². The molecule has 1 aliphatic rings. The van der Waals surface area contributed by atoms with Crippen LogP contribution < -0.4 is 5.32 Å². The van der Waals surface area contributed by atoms with Crippen molar-refractivity contribution in [3.8, 4) is 0 Å². The van der Waals surface area contributed by atoms with Gasteiger partial charge in [0, 0.05) is 35.8 Å². The third kappa shape index (κ3) is 3.50. The lowest BCUT2D eigenvalue weighted by molar-refractivity contribution is 0.0866. The molecule has 0 aliphatic carbocycles. The van der Waals surface area contributed by atoms with E-state index in [-0.39, 0.29) is 6.10 Å². The van der Waals surface area contributed by atoms with Crippen LogP contribution in [0.2, 0.25) is 0 Å². The lowest BCUT2D eigenvalue weighted by Gasteiger charge is -2.19. The quantitative estimate of drug-likeness (QED) is 0.928. The number of hydrogen-bond donors (Lipinski definition) is 1. The van der Waals surface area contributed by atoms with E-state index in [1.165, 1.54) is 0 Å². The number of pyridine rings is 1. The summed E-state index contributed by atoms with van der Waals surface area (Å²) in [6.45, 7) is 6.18. The van der Waals surface area contributed by atoms with Crippen LogP contribution in [0.15, 0.2) is 22.8 Å². The second-order valence-corrected chi connectivity index (χ2v) is 5.72. The number of nitrogens with one attached hydrogen (secondary N) is 1. The molecule has 0 spiro atoms. The Morgan fingerprint density at radius 1 is 1.53 bits per heavy atom. The fourth-order valence-electron chi connectivity index (χ4n) is 2.11. The Kier molecular flexibility index (Phi) is 4.54. The molecule has 1 saturated heterocycles. The summed E-state index contributed by atoms with van der Waals surface area (Å²) in [4.78, 5) is 4.44. The van der Waals surface area contributed by atoms with Gasteiger partial charge in [-0.2, -0.15) is 0 Å². The van der Waals surface area contributed by atoms with Crippen LogP contribution in [0.4, 0.5) is 0 Å². The first-order chi connectivity index (χ1) is 8.16. The highest BCUT2D eigenvalue weighted by molar-refractivity contribution is 9.10. The van der Waals surface area contributed by atoms with Gasteiger partial charge in [-0.05, 0) is 34.5 Å². The molecule has 0 bridgehead atoms. The molecule has 2 heterocycles. The number of aromatic nitrogens is 1. The molecule has 0 saturated carbocycles. The summed E-state index contributed by atoms with van der Waals surface area (Å²) in [6, 6.07) is 4.59. The van der Waals surface area contributed by atoms with E-state index in [9.17, 15) is 0 Å². The Morgan fingerprint density at radius 3 is 3.00 bits per heavy atom. The average Bonchev–Trinajstić information content (AvgIpc) is 2.75. The van der Waals surface area contributed by atoms with Crippen molar-refractivity contribution < 1.29 is 4.74 Å². The topological polar surface area (TPSA) is 34.1 Å². The van der Waals surface area contributed by atoms with E-state index in [0.717, 1.165) is 29.7 Å². The molecular formula is C13H19BrN2O. The van der Waals surface area contributed by atoms with Gasteiger partial charge in [0.2, 0.25) is 0 Å².